The van der Waals surface area contributed by atoms with Crippen LogP contribution in [0, 0.1) is 0 Å². The van der Waals surface area contributed by atoms with Crippen LogP contribution in [0.3, 0.4) is 0 Å². The van der Waals surface area contributed by atoms with Crippen molar-refractivity contribution in [3.8, 4) is 0 Å². The fourth-order valence-corrected chi connectivity index (χ4v) is 3.97. The molecule has 0 aromatic carbocycles. The molecule has 8 heteroatoms. The molecule has 2 N–H and O–H groups in total. The van der Waals surface area contributed by atoms with Crippen LogP contribution in [0.1, 0.15) is 58.8 Å². The first-order chi connectivity index (χ1) is 11.5. The second-order valence-electron chi connectivity index (χ2n) is 6.38. The molecule has 0 bridgehead atoms. The van der Waals surface area contributed by atoms with Gasteiger partial charge in [-0.15, -0.1) is 23.7 Å². The molecule has 1 saturated carbocycles. The maximum absolute atomic E-state index is 13.0. The van der Waals surface area contributed by atoms with Gasteiger partial charge in [-0.05, 0) is 26.2 Å². The number of nitrogens with one attached hydrogen (secondary N) is 1. The Morgan fingerprint density at radius 2 is 2.08 bits per heavy atom. The van der Waals surface area contributed by atoms with Crippen molar-refractivity contribution in [3.05, 3.63) is 11.6 Å². The van der Waals surface area contributed by atoms with Gasteiger partial charge >= 0.3 is 5.97 Å². The van der Waals surface area contributed by atoms with Crippen LogP contribution in [-0.4, -0.2) is 40.1 Å². The van der Waals surface area contributed by atoms with E-state index in [1.807, 2.05) is 12.3 Å². The first-order valence-electron chi connectivity index (χ1n) is 8.76. The molecule has 0 aliphatic heterocycles. The highest BCUT2D eigenvalue weighted by atomic mass is 35.5. The molecular formula is C17H28ClN3O3S. The summed E-state index contributed by atoms with van der Waals surface area (Å²) in [5.41, 5.74) is 0. The smallest absolute Gasteiger partial charge is 0.320 e. The molecule has 1 aromatic heterocycles. The van der Waals surface area contributed by atoms with Crippen LogP contribution in [0.25, 0.3) is 0 Å². The average molecular weight is 390 g/mol. The summed E-state index contributed by atoms with van der Waals surface area (Å²) < 4.78 is 0. The highest BCUT2D eigenvalue weighted by Gasteiger charge is 2.33. The van der Waals surface area contributed by atoms with Crippen molar-refractivity contribution in [1.29, 1.82) is 0 Å². The molecule has 0 spiro atoms. The van der Waals surface area contributed by atoms with Crippen molar-refractivity contribution >= 4 is 40.8 Å². The van der Waals surface area contributed by atoms with Crippen molar-refractivity contribution in [3.63, 3.8) is 0 Å². The van der Waals surface area contributed by atoms with E-state index in [2.05, 4.69) is 10.3 Å². The molecule has 0 saturated heterocycles. The van der Waals surface area contributed by atoms with Crippen LogP contribution < -0.4 is 10.2 Å². The number of aliphatic carboxylic acids is 1. The SMILES string of the molecule is CCCC(NC(C)C(=O)N(c1nccs1)C1CCCCC1)C(=O)O.Cl. The van der Waals surface area contributed by atoms with E-state index in [0.717, 1.165) is 32.1 Å². The highest BCUT2D eigenvalue weighted by molar-refractivity contribution is 7.13. The van der Waals surface area contributed by atoms with Gasteiger partial charge in [0.25, 0.3) is 0 Å². The Bertz CT molecular complexity index is 535. The standard InChI is InChI=1S/C17H27N3O3S.ClH/c1-3-7-14(16(22)23)19-12(2)15(21)20(17-18-10-11-24-17)13-8-5-4-6-9-13;/h10-14,19H,3-9H2,1-2H3,(H,22,23);1H. The summed E-state index contributed by atoms with van der Waals surface area (Å²) in [5.74, 6) is -0.992. The van der Waals surface area contributed by atoms with Crippen molar-refractivity contribution in [1.82, 2.24) is 10.3 Å². The predicted octanol–water partition coefficient (Wildman–Crippen LogP) is 3.46. The molecule has 0 radical (unpaired) electrons. The Morgan fingerprint density at radius 1 is 1.40 bits per heavy atom. The van der Waals surface area contributed by atoms with Crippen molar-refractivity contribution in [2.75, 3.05) is 4.90 Å². The van der Waals surface area contributed by atoms with Gasteiger partial charge in [-0.2, -0.15) is 0 Å². The lowest BCUT2D eigenvalue weighted by Gasteiger charge is -2.34. The first kappa shape index (κ1) is 21.9. The minimum Gasteiger partial charge on any atom is -0.480 e. The molecule has 142 valence electrons. The average Bonchev–Trinajstić information content (AvgIpc) is 3.09. The number of amides is 1. The van der Waals surface area contributed by atoms with Gasteiger partial charge in [0.1, 0.15) is 6.04 Å². The number of carbonyl (C=O) groups is 2. The van der Waals surface area contributed by atoms with Crippen LogP contribution in [0.2, 0.25) is 0 Å². The van der Waals surface area contributed by atoms with Gasteiger partial charge in [0, 0.05) is 17.6 Å². The Kier molecular flexibility index (Phi) is 9.38. The topological polar surface area (TPSA) is 82.5 Å². The first-order valence-corrected chi connectivity index (χ1v) is 9.64. The zero-order chi connectivity index (χ0) is 17.5. The van der Waals surface area contributed by atoms with Gasteiger partial charge in [0.2, 0.25) is 5.91 Å². The number of rotatable bonds is 8. The summed E-state index contributed by atoms with van der Waals surface area (Å²) in [6, 6.07) is -1.09. The van der Waals surface area contributed by atoms with Gasteiger partial charge in [0.05, 0.1) is 6.04 Å². The Balaban J connectivity index is 0.00000312. The molecular weight excluding hydrogens is 362 g/mol. The van der Waals surface area contributed by atoms with Crippen LogP contribution in [0.5, 0.6) is 0 Å². The molecule has 6 nitrogen and oxygen atoms in total. The van der Waals surface area contributed by atoms with E-state index in [1.165, 1.54) is 17.8 Å². The zero-order valence-electron chi connectivity index (χ0n) is 14.8. The molecule has 1 heterocycles. The number of aromatic nitrogens is 1. The lowest BCUT2D eigenvalue weighted by atomic mass is 9.94. The van der Waals surface area contributed by atoms with E-state index in [4.69, 9.17) is 0 Å². The lowest BCUT2D eigenvalue weighted by molar-refractivity contribution is -0.140. The number of carboxylic acids is 1. The summed E-state index contributed by atoms with van der Waals surface area (Å²) in [4.78, 5) is 30.5. The molecule has 2 unspecified atom stereocenters. The van der Waals surface area contributed by atoms with E-state index in [9.17, 15) is 14.7 Å². The number of hydrogen-bond donors (Lipinski definition) is 2. The van der Waals surface area contributed by atoms with Crippen molar-refractivity contribution < 1.29 is 14.7 Å². The third kappa shape index (κ3) is 5.94. The third-order valence-electron chi connectivity index (χ3n) is 4.50. The Morgan fingerprint density at radius 3 is 2.60 bits per heavy atom. The normalized spacial score (nSPS) is 17.4. The number of anilines is 1. The maximum Gasteiger partial charge on any atom is 0.320 e. The lowest BCUT2D eigenvalue weighted by Crippen LogP contribution is -2.53. The molecule has 25 heavy (non-hydrogen) atoms. The molecule has 1 aliphatic carbocycles. The van der Waals surface area contributed by atoms with Gasteiger partial charge in [-0.25, -0.2) is 4.98 Å². The van der Waals surface area contributed by atoms with Gasteiger partial charge in [-0.1, -0.05) is 32.6 Å². The number of thiazole rings is 1. The van der Waals surface area contributed by atoms with E-state index >= 15 is 0 Å². The Labute approximate surface area is 159 Å². The molecule has 1 aromatic rings. The van der Waals surface area contributed by atoms with Gasteiger partial charge in [0.15, 0.2) is 5.13 Å². The molecule has 1 aliphatic rings. The quantitative estimate of drug-likeness (QED) is 0.711. The van der Waals surface area contributed by atoms with Gasteiger partial charge < -0.3 is 5.11 Å². The minimum atomic E-state index is -0.907. The fraction of sp³-hybridized carbons (Fsp3) is 0.706. The second-order valence-corrected chi connectivity index (χ2v) is 7.26. The molecule has 2 atom stereocenters. The Hall–Kier alpha value is -1.18. The summed E-state index contributed by atoms with van der Waals surface area (Å²) in [5, 5.41) is 14.9. The number of nitrogens with zero attached hydrogens (tertiary/aromatic N) is 2. The number of halogens is 1. The molecule has 2 rings (SSSR count). The highest BCUT2D eigenvalue weighted by Crippen LogP contribution is 2.29. The predicted molar refractivity (Wildman–Crippen MR) is 103 cm³/mol. The largest absolute Gasteiger partial charge is 0.480 e. The van der Waals surface area contributed by atoms with Gasteiger partial charge in [-0.3, -0.25) is 19.8 Å². The minimum absolute atomic E-state index is 0. The van der Waals surface area contributed by atoms with Crippen molar-refractivity contribution in [2.24, 2.45) is 0 Å². The number of hydrogen-bond acceptors (Lipinski definition) is 5. The molecule has 1 fully saturated rings. The van der Waals surface area contributed by atoms with Crippen molar-refractivity contribution in [2.45, 2.75) is 76.9 Å². The second kappa shape index (κ2) is 10.7. The summed E-state index contributed by atoms with van der Waals surface area (Å²) in [7, 11) is 0. The molecule has 1 amide bonds. The number of carbonyl (C=O) groups excluding carboxylic acids is 1. The summed E-state index contributed by atoms with van der Waals surface area (Å²) in [6.07, 6.45) is 8.38. The zero-order valence-corrected chi connectivity index (χ0v) is 16.4. The van der Waals surface area contributed by atoms with Crippen LogP contribution in [0.4, 0.5) is 5.13 Å². The van der Waals surface area contributed by atoms with Crippen LogP contribution in [-0.2, 0) is 9.59 Å². The van der Waals surface area contributed by atoms with Crippen LogP contribution in [0.15, 0.2) is 11.6 Å². The van der Waals surface area contributed by atoms with Crippen LogP contribution >= 0.6 is 23.7 Å². The fourth-order valence-electron chi connectivity index (χ4n) is 3.25. The number of carboxylic acid groups (broad SMARTS) is 1. The van der Waals surface area contributed by atoms with E-state index in [1.54, 1.807) is 18.0 Å². The van der Waals surface area contributed by atoms with E-state index in [-0.39, 0.29) is 24.4 Å². The maximum atomic E-state index is 13.0. The summed E-state index contributed by atoms with van der Waals surface area (Å²) in [6.45, 7) is 3.69. The van der Waals surface area contributed by atoms with E-state index in [0.29, 0.717) is 11.6 Å². The van der Waals surface area contributed by atoms with E-state index < -0.39 is 18.1 Å². The third-order valence-corrected chi connectivity index (χ3v) is 5.27. The summed E-state index contributed by atoms with van der Waals surface area (Å²) >= 11 is 1.46. The monoisotopic (exact) mass is 389 g/mol.